The molecule has 2 aromatic rings. The third-order valence-electron chi connectivity index (χ3n) is 6.64. The van der Waals surface area contributed by atoms with Crippen molar-refractivity contribution in [3.63, 3.8) is 0 Å². The number of fused-ring (bicyclic) bond motifs is 1. The zero-order valence-electron chi connectivity index (χ0n) is 23.4. The fourth-order valence-corrected chi connectivity index (χ4v) is 3.76. The molecule has 0 aliphatic carbocycles. The van der Waals surface area contributed by atoms with Crippen molar-refractivity contribution in [2.45, 2.75) is 60.3 Å². The molecule has 4 N–H and O–H groups in total. The summed E-state index contributed by atoms with van der Waals surface area (Å²) in [5.74, 6) is -0.314. The van der Waals surface area contributed by atoms with E-state index in [2.05, 4.69) is 53.1 Å². The van der Waals surface area contributed by atoms with Crippen LogP contribution in [-0.4, -0.2) is 39.7 Å². The van der Waals surface area contributed by atoms with Crippen molar-refractivity contribution in [2.75, 3.05) is 7.05 Å². The number of nitrogens with one attached hydrogen (secondary N) is 2. The van der Waals surface area contributed by atoms with Crippen LogP contribution in [0.2, 0.25) is 0 Å². The average Bonchev–Trinajstić information content (AvgIpc) is 3.36. The molecule has 0 radical (unpaired) electrons. The molecule has 2 unspecified atom stereocenters. The van der Waals surface area contributed by atoms with Crippen LogP contribution in [0, 0.1) is 11.8 Å². The summed E-state index contributed by atoms with van der Waals surface area (Å²) < 4.78 is 1.58. The molecular weight excluding hydrogens is 478 g/mol. The Morgan fingerprint density at radius 3 is 2.55 bits per heavy atom. The Balaban J connectivity index is 2.40. The van der Waals surface area contributed by atoms with Crippen LogP contribution in [0.5, 0.6) is 0 Å². The van der Waals surface area contributed by atoms with Crippen LogP contribution in [0.15, 0.2) is 65.5 Å². The smallest absolute Gasteiger partial charge is 0.259 e. The van der Waals surface area contributed by atoms with Crippen LogP contribution >= 0.6 is 0 Å². The molecule has 0 bridgehead atoms. The Kier molecular flexibility index (Phi) is 11.7. The van der Waals surface area contributed by atoms with Gasteiger partial charge in [0.1, 0.15) is 0 Å². The highest BCUT2D eigenvalue weighted by atomic mass is 16.2. The van der Waals surface area contributed by atoms with E-state index in [1.54, 1.807) is 42.3 Å². The summed E-state index contributed by atoms with van der Waals surface area (Å²) in [6.07, 6.45) is 14.9. The van der Waals surface area contributed by atoms with Crippen LogP contribution in [0.1, 0.15) is 76.4 Å². The maximum Gasteiger partial charge on any atom is 0.259 e. The lowest BCUT2D eigenvalue weighted by Crippen LogP contribution is -2.29. The van der Waals surface area contributed by atoms with Crippen molar-refractivity contribution in [2.24, 2.45) is 22.6 Å². The van der Waals surface area contributed by atoms with Gasteiger partial charge in [0.2, 0.25) is 5.91 Å². The van der Waals surface area contributed by atoms with E-state index in [-0.39, 0.29) is 23.7 Å². The molecule has 0 aliphatic heterocycles. The maximum absolute atomic E-state index is 13.4. The first-order chi connectivity index (χ1) is 18.2. The summed E-state index contributed by atoms with van der Waals surface area (Å²) in [5, 5.41) is 10.3. The first-order valence-electron chi connectivity index (χ1n) is 13.0. The van der Waals surface area contributed by atoms with Gasteiger partial charge >= 0.3 is 0 Å². The summed E-state index contributed by atoms with van der Waals surface area (Å²) in [6.45, 7) is 14.0. The Bertz CT molecular complexity index is 1270. The third kappa shape index (κ3) is 7.74. The lowest BCUT2D eigenvalue weighted by molar-refractivity contribution is -0.123. The third-order valence-corrected chi connectivity index (χ3v) is 6.64. The van der Waals surface area contributed by atoms with Gasteiger partial charge in [0, 0.05) is 42.3 Å². The second kappa shape index (κ2) is 14.7. The van der Waals surface area contributed by atoms with Crippen molar-refractivity contribution in [1.29, 1.82) is 0 Å². The molecule has 0 spiro atoms. The highest BCUT2D eigenvalue weighted by molar-refractivity contribution is 6.09. The van der Waals surface area contributed by atoms with Gasteiger partial charge in [-0.3, -0.25) is 19.6 Å². The lowest BCUT2D eigenvalue weighted by Gasteiger charge is -2.17. The minimum atomic E-state index is -0.334. The topological polar surface area (TPSA) is 127 Å². The predicted octanol–water partition coefficient (Wildman–Crippen LogP) is 4.79. The van der Waals surface area contributed by atoms with Gasteiger partial charge < -0.3 is 16.4 Å². The molecule has 0 saturated heterocycles. The van der Waals surface area contributed by atoms with Crippen LogP contribution in [-0.2, 0) is 4.79 Å². The average molecular weight is 520 g/mol. The number of carbonyl (C=O) groups excluding carboxylic acids is 2. The summed E-state index contributed by atoms with van der Waals surface area (Å²) in [5.41, 5.74) is 9.95. The van der Waals surface area contributed by atoms with E-state index in [4.69, 9.17) is 5.73 Å². The van der Waals surface area contributed by atoms with Gasteiger partial charge in [-0.1, -0.05) is 47.1 Å². The molecule has 2 atom stereocenters. The molecule has 204 valence electrons. The molecule has 0 aliphatic rings. The van der Waals surface area contributed by atoms with Gasteiger partial charge in [-0.2, -0.15) is 5.10 Å². The number of rotatable bonds is 13. The van der Waals surface area contributed by atoms with E-state index in [0.29, 0.717) is 33.7 Å². The Morgan fingerprint density at radius 2 is 1.95 bits per heavy atom. The fraction of sp³-hybridized carbons (Fsp3) is 0.414. The normalized spacial score (nSPS) is 14.8. The number of hydrogen-bond acceptors (Lipinski definition) is 6. The number of aromatic nitrogens is 3. The summed E-state index contributed by atoms with van der Waals surface area (Å²) in [6, 6.07) is 0. The van der Waals surface area contributed by atoms with Gasteiger partial charge in [0.05, 0.1) is 35.4 Å². The van der Waals surface area contributed by atoms with Gasteiger partial charge in [0.15, 0.2) is 0 Å². The molecule has 38 heavy (non-hydrogen) atoms. The molecule has 9 nitrogen and oxygen atoms in total. The largest absolute Gasteiger partial charge is 0.404 e. The Hall–Kier alpha value is -4.01. The minimum absolute atomic E-state index is 0.0695. The summed E-state index contributed by atoms with van der Waals surface area (Å²) in [4.78, 5) is 34.6. The SMILES string of the molecule is C=C/C(=C\C(NC(=O)c1cnn2cc(/C(C=NC)=C/N)ncc12)=C(\C)C(C)CC)NC(=O)C(C)CCCC. The van der Waals surface area contributed by atoms with E-state index in [1.165, 1.54) is 12.4 Å². The molecule has 2 aromatic heterocycles. The molecule has 2 heterocycles. The van der Waals surface area contributed by atoms with Crippen molar-refractivity contribution in [3.8, 4) is 0 Å². The minimum Gasteiger partial charge on any atom is -0.404 e. The van der Waals surface area contributed by atoms with Gasteiger partial charge in [-0.15, -0.1) is 0 Å². The van der Waals surface area contributed by atoms with Crippen LogP contribution < -0.4 is 16.4 Å². The van der Waals surface area contributed by atoms with E-state index >= 15 is 0 Å². The van der Waals surface area contributed by atoms with Crippen molar-refractivity contribution >= 4 is 29.1 Å². The number of allylic oxidation sites excluding steroid dienone is 4. The standard InChI is InChI=1S/C29H41N7O2/c1-8-11-12-20(5)28(37)34-23(10-3)13-25(21(6)19(4)9-2)35-29(38)24-16-33-36-18-26(32-17-27(24)36)22(14-30)15-31-7/h10,13-20H,3,8-9,11-12,30H2,1-2,4-7H3,(H,34,37)(H,35,38)/b22-14+,23-13+,25-21+,31-15?. The van der Waals surface area contributed by atoms with Gasteiger partial charge in [-0.05, 0) is 43.4 Å². The molecule has 0 saturated carbocycles. The summed E-state index contributed by atoms with van der Waals surface area (Å²) >= 11 is 0. The van der Waals surface area contributed by atoms with E-state index < -0.39 is 0 Å². The lowest BCUT2D eigenvalue weighted by atomic mass is 9.97. The monoisotopic (exact) mass is 519 g/mol. The Labute approximate surface area is 225 Å². The van der Waals surface area contributed by atoms with Crippen LogP contribution in [0.25, 0.3) is 11.1 Å². The number of nitrogens with two attached hydrogens (primary N) is 1. The second-order valence-electron chi connectivity index (χ2n) is 9.37. The zero-order valence-corrected chi connectivity index (χ0v) is 23.4. The first-order valence-corrected chi connectivity index (χ1v) is 13.0. The highest BCUT2D eigenvalue weighted by Crippen LogP contribution is 2.20. The zero-order chi connectivity index (χ0) is 28.2. The van der Waals surface area contributed by atoms with Gasteiger partial charge in [-0.25, -0.2) is 4.52 Å². The number of carbonyl (C=O) groups is 2. The number of hydrogen-bond donors (Lipinski definition) is 3. The van der Waals surface area contributed by atoms with Crippen molar-refractivity contribution < 1.29 is 9.59 Å². The Morgan fingerprint density at radius 1 is 1.21 bits per heavy atom. The molecule has 2 rings (SSSR count). The van der Waals surface area contributed by atoms with E-state index in [9.17, 15) is 9.59 Å². The second-order valence-corrected chi connectivity index (χ2v) is 9.37. The predicted molar refractivity (Wildman–Crippen MR) is 154 cm³/mol. The van der Waals surface area contributed by atoms with Crippen molar-refractivity contribution in [3.05, 3.63) is 71.7 Å². The number of nitrogens with zero attached hydrogens (tertiary/aromatic N) is 4. The highest BCUT2D eigenvalue weighted by Gasteiger charge is 2.18. The van der Waals surface area contributed by atoms with Crippen molar-refractivity contribution in [1.82, 2.24) is 25.2 Å². The van der Waals surface area contributed by atoms with Crippen LogP contribution in [0.4, 0.5) is 0 Å². The fourth-order valence-electron chi connectivity index (χ4n) is 3.76. The molecule has 0 fully saturated rings. The number of unbranched alkanes of at least 4 members (excludes halogenated alkanes) is 1. The number of amides is 2. The number of aliphatic imine (C=N–C) groups is 1. The van der Waals surface area contributed by atoms with Crippen LogP contribution in [0.3, 0.4) is 0 Å². The molecule has 0 aromatic carbocycles. The van der Waals surface area contributed by atoms with E-state index in [1.807, 2.05) is 13.8 Å². The quantitative estimate of drug-likeness (QED) is 0.259. The van der Waals surface area contributed by atoms with Gasteiger partial charge in [0.25, 0.3) is 5.91 Å². The molecule has 9 heteroatoms. The molecular formula is C29H41N7O2. The van der Waals surface area contributed by atoms with E-state index in [0.717, 1.165) is 31.3 Å². The first kappa shape index (κ1) is 30.2. The maximum atomic E-state index is 13.4. The molecule has 2 amide bonds. The summed E-state index contributed by atoms with van der Waals surface area (Å²) in [7, 11) is 1.65.